The summed E-state index contributed by atoms with van der Waals surface area (Å²) in [7, 11) is 0. The molecule has 1 aromatic rings. The number of aromatic amines is 1. The molecule has 2 aliphatic rings. The van der Waals surface area contributed by atoms with Crippen LogP contribution in [-0.2, 0) is 4.79 Å². The lowest BCUT2D eigenvalue weighted by atomic mass is 9.93. The predicted molar refractivity (Wildman–Crippen MR) is 79.7 cm³/mol. The lowest BCUT2D eigenvalue weighted by molar-refractivity contribution is -0.133. The first-order valence-electron chi connectivity index (χ1n) is 8.07. The Morgan fingerprint density at radius 3 is 2.52 bits per heavy atom. The van der Waals surface area contributed by atoms with Crippen LogP contribution in [0.1, 0.15) is 63.1 Å². The summed E-state index contributed by atoms with van der Waals surface area (Å²) < 4.78 is 0. The zero-order chi connectivity index (χ0) is 14.9. The standard InChI is InChI=1S/C15H25N5O/c1-11(13-17-12(2)18-19-13)16-14(21)15(7-3-4-8-15)20-9-5-6-10-20/h11H,3-10H2,1-2H3,(H,16,21)(H,17,18,19)/t11-/m1/s1. The summed E-state index contributed by atoms with van der Waals surface area (Å²) >= 11 is 0. The van der Waals surface area contributed by atoms with Crippen molar-refractivity contribution in [1.29, 1.82) is 0 Å². The average molecular weight is 291 g/mol. The van der Waals surface area contributed by atoms with Crippen molar-refractivity contribution in [2.75, 3.05) is 13.1 Å². The van der Waals surface area contributed by atoms with E-state index in [1.807, 2.05) is 13.8 Å². The van der Waals surface area contributed by atoms with Gasteiger partial charge in [-0.25, -0.2) is 4.98 Å². The number of hydrogen-bond donors (Lipinski definition) is 2. The van der Waals surface area contributed by atoms with E-state index < -0.39 is 0 Å². The second-order valence-corrected chi connectivity index (χ2v) is 6.41. The Balaban J connectivity index is 1.72. The minimum absolute atomic E-state index is 0.150. The Labute approximate surface area is 125 Å². The molecule has 6 heteroatoms. The van der Waals surface area contributed by atoms with Crippen LogP contribution < -0.4 is 5.32 Å². The first kappa shape index (κ1) is 14.5. The molecule has 0 aromatic carbocycles. The van der Waals surface area contributed by atoms with Gasteiger partial charge in [0.1, 0.15) is 11.4 Å². The van der Waals surface area contributed by atoms with Gasteiger partial charge in [0.2, 0.25) is 5.91 Å². The molecule has 1 aliphatic heterocycles. The van der Waals surface area contributed by atoms with Gasteiger partial charge in [0.05, 0.1) is 6.04 Å². The second kappa shape index (κ2) is 5.75. The fourth-order valence-corrected chi connectivity index (χ4v) is 3.74. The largest absolute Gasteiger partial charge is 0.345 e. The molecule has 0 unspecified atom stereocenters. The highest BCUT2D eigenvalue weighted by Gasteiger charge is 2.47. The number of nitrogens with one attached hydrogen (secondary N) is 2. The summed E-state index contributed by atoms with van der Waals surface area (Å²) in [5, 5.41) is 10.1. The zero-order valence-electron chi connectivity index (χ0n) is 13.0. The van der Waals surface area contributed by atoms with Crippen LogP contribution >= 0.6 is 0 Å². The minimum Gasteiger partial charge on any atom is -0.345 e. The van der Waals surface area contributed by atoms with Crippen LogP contribution in [0.15, 0.2) is 0 Å². The molecule has 1 amide bonds. The molecule has 1 atom stereocenters. The van der Waals surface area contributed by atoms with Crippen LogP contribution in [0.2, 0.25) is 0 Å². The van der Waals surface area contributed by atoms with Crippen molar-refractivity contribution in [1.82, 2.24) is 25.4 Å². The summed E-state index contributed by atoms with van der Waals surface area (Å²) in [5.41, 5.74) is -0.282. The second-order valence-electron chi connectivity index (χ2n) is 6.41. The third-order valence-corrected chi connectivity index (χ3v) is 4.91. The third-order valence-electron chi connectivity index (χ3n) is 4.91. The minimum atomic E-state index is -0.282. The highest BCUT2D eigenvalue weighted by Crippen LogP contribution is 2.38. The lowest BCUT2D eigenvalue weighted by Crippen LogP contribution is -2.56. The van der Waals surface area contributed by atoms with Gasteiger partial charge >= 0.3 is 0 Å². The number of aromatic nitrogens is 3. The van der Waals surface area contributed by atoms with Gasteiger partial charge in [-0.1, -0.05) is 12.8 Å². The van der Waals surface area contributed by atoms with Gasteiger partial charge in [-0.15, -0.1) is 0 Å². The summed E-state index contributed by atoms with van der Waals surface area (Å²) in [5.74, 6) is 1.61. The molecular formula is C15H25N5O. The Bertz CT molecular complexity index is 500. The fraction of sp³-hybridized carbons (Fsp3) is 0.800. The number of rotatable bonds is 4. The van der Waals surface area contributed by atoms with Crippen LogP contribution in [-0.4, -0.2) is 44.6 Å². The number of likely N-dealkylation sites (tertiary alicyclic amines) is 1. The van der Waals surface area contributed by atoms with Gasteiger partial charge < -0.3 is 5.32 Å². The molecule has 2 fully saturated rings. The monoisotopic (exact) mass is 291 g/mol. The Hall–Kier alpha value is -1.43. The molecule has 0 bridgehead atoms. The van der Waals surface area contributed by atoms with E-state index in [2.05, 4.69) is 25.4 Å². The lowest BCUT2D eigenvalue weighted by Gasteiger charge is -2.37. The molecule has 1 saturated heterocycles. The highest BCUT2D eigenvalue weighted by molar-refractivity contribution is 5.87. The van der Waals surface area contributed by atoms with Crippen molar-refractivity contribution in [3.05, 3.63) is 11.6 Å². The van der Waals surface area contributed by atoms with Gasteiger partial charge in [0.25, 0.3) is 0 Å². The number of carbonyl (C=O) groups excluding carboxylic acids is 1. The molecule has 2 heterocycles. The van der Waals surface area contributed by atoms with Crippen molar-refractivity contribution in [2.24, 2.45) is 0 Å². The van der Waals surface area contributed by atoms with E-state index in [0.29, 0.717) is 5.82 Å². The molecular weight excluding hydrogens is 266 g/mol. The van der Waals surface area contributed by atoms with Gasteiger partial charge in [-0.3, -0.25) is 14.8 Å². The molecule has 6 nitrogen and oxygen atoms in total. The topological polar surface area (TPSA) is 73.9 Å². The molecule has 1 aliphatic carbocycles. The van der Waals surface area contributed by atoms with E-state index in [1.165, 1.54) is 12.8 Å². The van der Waals surface area contributed by atoms with E-state index in [1.54, 1.807) is 0 Å². The van der Waals surface area contributed by atoms with Gasteiger partial charge in [0, 0.05) is 0 Å². The maximum absolute atomic E-state index is 12.9. The summed E-state index contributed by atoms with van der Waals surface area (Å²) in [6, 6.07) is -0.150. The molecule has 1 saturated carbocycles. The molecule has 3 rings (SSSR count). The number of H-pyrrole nitrogens is 1. The first-order valence-corrected chi connectivity index (χ1v) is 8.07. The van der Waals surface area contributed by atoms with E-state index in [4.69, 9.17) is 0 Å². The fourth-order valence-electron chi connectivity index (χ4n) is 3.74. The summed E-state index contributed by atoms with van der Waals surface area (Å²) in [4.78, 5) is 19.6. The van der Waals surface area contributed by atoms with Crippen LogP contribution in [0.3, 0.4) is 0 Å². The SMILES string of the molecule is Cc1nc([C@@H](C)NC(=O)C2(N3CCCC3)CCCC2)n[nH]1. The van der Waals surface area contributed by atoms with E-state index in [9.17, 15) is 4.79 Å². The molecule has 1 aromatic heterocycles. The molecule has 2 N–H and O–H groups in total. The van der Waals surface area contributed by atoms with E-state index in [-0.39, 0.29) is 17.5 Å². The summed E-state index contributed by atoms with van der Waals surface area (Å²) in [6.45, 7) is 5.93. The molecule has 0 radical (unpaired) electrons. The van der Waals surface area contributed by atoms with Crippen LogP contribution in [0.25, 0.3) is 0 Å². The maximum Gasteiger partial charge on any atom is 0.241 e. The number of aryl methyl sites for hydroxylation is 1. The van der Waals surface area contributed by atoms with Gasteiger partial charge in [-0.2, -0.15) is 5.10 Å². The number of amides is 1. The first-order chi connectivity index (χ1) is 10.1. The number of nitrogens with zero attached hydrogens (tertiary/aromatic N) is 3. The van der Waals surface area contributed by atoms with Gasteiger partial charge in [0.15, 0.2) is 5.82 Å². The van der Waals surface area contributed by atoms with Crippen molar-refractivity contribution in [3.8, 4) is 0 Å². The molecule has 21 heavy (non-hydrogen) atoms. The smallest absolute Gasteiger partial charge is 0.241 e. The third kappa shape index (κ3) is 2.69. The maximum atomic E-state index is 12.9. The van der Waals surface area contributed by atoms with Crippen molar-refractivity contribution >= 4 is 5.91 Å². The van der Waals surface area contributed by atoms with Crippen LogP contribution in [0.5, 0.6) is 0 Å². The van der Waals surface area contributed by atoms with Crippen molar-refractivity contribution in [2.45, 2.75) is 64.0 Å². The van der Waals surface area contributed by atoms with Crippen molar-refractivity contribution in [3.63, 3.8) is 0 Å². The number of hydrogen-bond acceptors (Lipinski definition) is 4. The molecule has 0 spiro atoms. The average Bonchev–Trinajstić information content (AvgIpc) is 3.20. The summed E-state index contributed by atoms with van der Waals surface area (Å²) in [6.07, 6.45) is 6.70. The van der Waals surface area contributed by atoms with E-state index in [0.717, 1.165) is 44.6 Å². The van der Waals surface area contributed by atoms with Crippen LogP contribution in [0, 0.1) is 6.92 Å². The predicted octanol–water partition coefficient (Wildman–Crippen LogP) is 1.70. The van der Waals surface area contributed by atoms with Crippen LogP contribution in [0.4, 0.5) is 0 Å². The number of carbonyl (C=O) groups is 1. The van der Waals surface area contributed by atoms with Gasteiger partial charge in [-0.05, 0) is 52.6 Å². The van der Waals surface area contributed by atoms with E-state index >= 15 is 0 Å². The Kier molecular flexibility index (Phi) is 3.97. The normalized spacial score (nSPS) is 23.3. The Morgan fingerprint density at radius 1 is 1.29 bits per heavy atom. The Morgan fingerprint density at radius 2 is 1.95 bits per heavy atom. The highest BCUT2D eigenvalue weighted by atomic mass is 16.2. The molecule has 116 valence electrons. The van der Waals surface area contributed by atoms with Crippen molar-refractivity contribution < 1.29 is 4.79 Å². The quantitative estimate of drug-likeness (QED) is 0.885. The zero-order valence-corrected chi connectivity index (χ0v) is 13.0.